The first-order valence-corrected chi connectivity index (χ1v) is 7.73. The van der Waals surface area contributed by atoms with Crippen molar-refractivity contribution in [1.29, 1.82) is 0 Å². The van der Waals surface area contributed by atoms with Gasteiger partial charge in [-0.1, -0.05) is 30.3 Å². The highest BCUT2D eigenvalue weighted by atomic mass is 79.9. The molecule has 1 nitrogen and oxygen atoms in total. The fourth-order valence-corrected chi connectivity index (χ4v) is 3.61. The molecule has 1 aliphatic heterocycles. The van der Waals surface area contributed by atoms with Crippen molar-refractivity contribution in [3.05, 3.63) is 58.1 Å². The molecule has 1 aliphatic rings. The molecule has 0 N–H and O–H groups in total. The third-order valence-corrected chi connectivity index (χ3v) is 4.70. The van der Waals surface area contributed by atoms with Crippen LogP contribution in [-0.2, 0) is 13.0 Å². The molecule has 3 heteroatoms. The van der Waals surface area contributed by atoms with E-state index in [1.807, 2.05) is 30.0 Å². The van der Waals surface area contributed by atoms with Crippen LogP contribution in [0.2, 0.25) is 0 Å². The number of rotatable bonds is 3. The minimum absolute atomic E-state index is 0.614. The third-order valence-electron chi connectivity index (χ3n) is 2.98. The summed E-state index contributed by atoms with van der Waals surface area (Å²) in [5, 5.41) is 0. The summed E-state index contributed by atoms with van der Waals surface area (Å²) in [6.45, 7) is 0.614. The lowest BCUT2D eigenvalue weighted by Crippen LogP contribution is -1.96. The number of hydrogen-bond acceptors (Lipinski definition) is 2. The van der Waals surface area contributed by atoms with Crippen LogP contribution in [0.15, 0.2) is 51.8 Å². The Labute approximate surface area is 120 Å². The first kappa shape index (κ1) is 12.1. The number of aryl methyl sites for hydroxylation is 1. The van der Waals surface area contributed by atoms with Gasteiger partial charge in [0.05, 0.1) is 4.47 Å². The second-order valence-corrected chi connectivity index (χ2v) is 6.25. The summed E-state index contributed by atoms with van der Waals surface area (Å²) in [4.78, 5) is 1.36. The van der Waals surface area contributed by atoms with Crippen LogP contribution >= 0.6 is 27.7 Å². The molecule has 2 aromatic rings. The minimum atomic E-state index is 0.614. The lowest BCUT2D eigenvalue weighted by molar-refractivity contribution is 0.303. The van der Waals surface area contributed by atoms with E-state index in [9.17, 15) is 0 Å². The van der Waals surface area contributed by atoms with Gasteiger partial charge < -0.3 is 4.74 Å². The van der Waals surface area contributed by atoms with Gasteiger partial charge in [-0.2, -0.15) is 0 Å². The zero-order chi connectivity index (χ0) is 12.4. The highest BCUT2D eigenvalue weighted by Crippen LogP contribution is 2.38. The number of fused-ring (bicyclic) bond motifs is 1. The summed E-state index contributed by atoms with van der Waals surface area (Å²) < 4.78 is 6.94. The second kappa shape index (κ2) is 5.37. The quantitative estimate of drug-likeness (QED) is 0.812. The predicted molar refractivity (Wildman–Crippen MR) is 79.3 cm³/mol. The van der Waals surface area contributed by atoms with Crippen molar-refractivity contribution in [2.45, 2.75) is 17.9 Å². The Morgan fingerprint density at radius 3 is 2.83 bits per heavy atom. The maximum absolute atomic E-state index is 5.89. The zero-order valence-electron chi connectivity index (χ0n) is 9.86. The Bertz CT molecular complexity index is 554. The van der Waals surface area contributed by atoms with Gasteiger partial charge in [-0.3, -0.25) is 0 Å². The Hall–Kier alpha value is -0.930. The second-order valence-electron chi connectivity index (χ2n) is 4.26. The first-order valence-electron chi connectivity index (χ1n) is 5.95. The maximum atomic E-state index is 5.89. The molecule has 2 aromatic carbocycles. The van der Waals surface area contributed by atoms with Gasteiger partial charge in [-0.25, -0.2) is 0 Å². The Balaban J connectivity index is 1.77. The van der Waals surface area contributed by atoms with Crippen molar-refractivity contribution < 1.29 is 4.74 Å². The van der Waals surface area contributed by atoms with Crippen LogP contribution in [0.3, 0.4) is 0 Å². The number of halogens is 1. The Morgan fingerprint density at radius 1 is 1.17 bits per heavy atom. The van der Waals surface area contributed by atoms with Gasteiger partial charge in [0.15, 0.2) is 0 Å². The van der Waals surface area contributed by atoms with Crippen LogP contribution in [0, 0.1) is 0 Å². The summed E-state index contributed by atoms with van der Waals surface area (Å²) in [7, 11) is 0. The third kappa shape index (κ3) is 2.57. The van der Waals surface area contributed by atoms with Crippen molar-refractivity contribution in [3.8, 4) is 5.75 Å². The van der Waals surface area contributed by atoms with Gasteiger partial charge in [0, 0.05) is 10.6 Å². The molecule has 0 aromatic heterocycles. The summed E-state index contributed by atoms with van der Waals surface area (Å²) >= 11 is 5.50. The number of ether oxygens (including phenoxy) is 1. The van der Waals surface area contributed by atoms with Crippen LogP contribution in [0.5, 0.6) is 5.75 Å². The van der Waals surface area contributed by atoms with Gasteiger partial charge in [0.1, 0.15) is 12.4 Å². The maximum Gasteiger partial charge on any atom is 0.135 e. The van der Waals surface area contributed by atoms with Crippen molar-refractivity contribution in [2.24, 2.45) is 0 Å². The molecule has 0 bridgehead atoms. The molecule has 1 heterocycles. The van der Waals surface area contributed by atoms with E-state index in [1.165, 1.54) is 21.8 Å². The van der Waals surface area contributed by atoms with E-state index in [1.54, 1.807) is 0 Å². The molecular formula is C15H13BrOS. The van der Waals surface area contributed by atoms with E-state index in [0.29, 0.717) is 6.61 Å². The van der Waals surface area contributed by atoms with Gasteiger partial charge in [-0.15, -0.1) is 11.8 Å². The predicted octanol–water partition coefficient (Wildman–Crippen LogP) is 4.68. The molecule has 0 saturated heterocycles. The molecule has 92 valence electrons. The molecule has 18 heavy (non-hydrogen) atoms. The molecule has 0 fully saturated rings. The van der Waals surface area contributed by atoms with Crippen molar-refractivity contribution in [3.63, 3.8) is 0 Å². The topological polar surface area (TPSA) is 9.23 Å². The average molecular weight is 321 g/mol. The van der Waals surface area contributed by atoms with Crippen LogP contribution in [-0.4, -0.2) is 5.75 Å². The molecule has 0 aliphatic carbocycles. The largest absolute Gasteiger partial charge is 0.488 e. The van der Waals surface area contributed by atoms with Gasteiger partial charge >= 0.3 is 0 Å². The van der Waals surface area contributed by atoms with E-state index in [2.05, 4.69) is 40.2 Å². The molecule has 3 rings (SSSR count). The van der Waals surface area contributed by atoms with Crippen LogP contribution < -0.4 is 4.74 Å². The Morgan fingerprint density at radius 2 is 2.00 bits per heavy atom. The van der Waals surface area contributed by atoms with E-state index in [-0.39, 0.29) is 0 Å². The lowest BCUT2D eigenvalue weighted by Gasteiger charge is -2.10. The van der Waals surface area contributed by atoms with Gasteiger partial charge in [-0.05, 0) is 45.6 Å². The zero-order valence-corrected chi connectivity index (χ0v) is 12.3. The fraction of sp³-hybridized carbons (Fsp3) is 0.200. The summed E-state index contributed by atoms with van der Waals surface area (Å²) in [6, 6.07) is 14.6. The molecule has 0 radical (unpaired) electrons. The Kier molecular flexibility index (Phi) is 3.62. The standard InChI is InChI=1S/C15H13BrOS/c16-13-8-12-6-7-18-15(12)9-14(13)17-10-11-4-2-1-3-5-11/h1-5,8-9H,6-7,10H2. The van der Waals surface area contributed by atoms with Crippen molar-refractivity contribution in [2.75, 3.05) is 5.75 Å². The number of thioether (sulfide) groups is 1. The number of hydrogen-bond donors (Lipinski definition) is 0. The highest BCUT2D eigenvalue weighted by molar-refractivity contribution is 9.10. The molecule has 0 amide bonds. The molecule has 0 unspecified atom stereocenters. The monoisotopic (exact) mass is 320 g/mol. The first-order chi connectivity index (χ1) is 8.83. The summed E-state index contributed by atoms with van der Waals surface area (Å²) in [5.74, 6) is 2.12. The SMILES string of the molecule is Brc1cc2c(cc1OCc1ccccc1)SCC2. The summed E-state index contributed by atoms with van der Waals surface area (Å²) in [5.41, 5.74) is 2.62. The minimum Gasteiger partial charge on any atom is -0.488 e. The number of benzene rings is 2. The molecule has 0 saturated carbocycles. The molecular weight excluding hydrogens is 308 g/mol. The van der Waals surface area contributed by atoms with E-state index in [0.717, 1.165) is 16.6 Å². The molecule has 0 atom stereocenters. The summed E-state index contributed by atoms with van der Waals surface area (Å²) in [6.07, 6.45) is 1.16. The average Bonchev–Trinajstić information content (AvgIpc) is 2.84. The van der Waals surface area contributed by atoms with Gasteiger partial charge in [0.2, 0.25) is 0 Å². The van der Waals surface area contributed by atoms with Crippen molar-refractivity contribution >= 4 is 27.7 Å². The van der Waals surface area contributed by atoms with Crippen LogP contribution in [0.25, 0.3) is 0 Å². The van der Waals surface area contributed by atoms with Gasteiger partial charge in [0.25, 0.3) is 0 Å². The van der Waals surface area contributed by atoms with Crippen molar-refractivity contribution in [1.82, 2.24) is 0 Å². The van der Waals surface area contributed by atoms with E-state index < -0.39 is 0 Å². The van der Waals surface area contributed by atoms with Crippen LogP contribution in [0.1, 0.15) is 11.1 Å². The smallest absolute Gasteiger partial charge is 0.135 e. The van der Waals surface area contributed by atoms with E-state index in [4.69, 9.17) is 4.74 Å². The lowest BCUT2D eigenvalue weighted by atomic mass is 10.2. The molecule has 0 spiro atoms. The van der Waals surface area contributed by atoms with Crippen LogP contribution in [0.4, 0.5) is 0 Å². The highest BCUT2D eigenvalue weighted by Gasteiger charge is 2.15. The normalized spacial score (nSPS) is 13.4. The van der Waals surface area contributed by atoms with E-state index >= 15 is 0 Å². The fourth-order valence-electron chi connectivity index (χ4n) is 2.02.